The van der Waals surface area contributed by atoms with Crippen LogP contribution in [0.3, 0.4) is 0 Å². The van der Waals surface area contributed by atoms with Gasteiger partial charge in [0.1, 0.15) is 11.7 Å². The number of fused-ring (bicyclic) bond motifs is 1. The van der Waals surface area contributed by atoms with Crippen molar-refractivity contribution in [2.24, 2.45) is 0 Å². The van der Waals surface area contributed by atoms with Crippen molar-refractivity contribution in [2.45, 2.75) is 17.7 Å². The van der Waals surface area contributed by atoms with Gasteiger partial charge in [0.05, 0.1) is 10.2 Å². The standard InChI is InChI=1S/C18H22N4O2S/c1-20-10-12-21(13-11-20)16-8-5-9-17-18(16)19-14-22(17)25(23,24)15-6-3-2-4-7-15/h2-4,6-7,9,14H,5,8,10-13H2,1H3. The molecule has 0 saturated carbocycles. The molecule has 0 unspecified atom stereocenters. The van der Waals surface area contributed by atoms with Crippen LogP contribution in [0.25, 0.3) is 11.8 Å². The molecule has 1 aromatic heterocycles. The van der Waals surface area contributed by atoms with Gasteiger partial charge in [0.15, 0.2) is 0 Å². The highest BCUT2D eigenvalue weighted by Gasteiger charge is 2.23. The van der Waals surface area contributed by atoms with E-state index in [0.717, 1.165) is 44.4 Å². The summed E-state index contributed by atoms with van der Waals surface area (Å²) in [4.78, 5) is 9.44. The number of hydrogen-bond donors (Lipinski definition) is 0. The molecule has 2 heterocycles. The molecule has 2 aliphatic rings. The fourth-order valence-corrected chi connectivity index (χ4v) is 4.82. The van der Waals surface area contributed by atoms with Crippen LogP contribution in [0.4, 0.5) is 0 Å². The summed E-state index contributed by atoms with van der Waals surface area (Å²) in [5.41, 5.74) is 1.17. The van der Waals surface area contributed by atoms with E-state index in [-0.39, 0.29) is 4.90 Å². The average Bonchev–Trinajstić information content (AvgIpc) is 3.08. The van der Waals surface area contributed by atoms with Crippen molar-refractivity contribution in [1.29, 1.82) is 0 Å². The van der Waals surface area contributed by atoms with E-state index in [4.69, 9.17) is 0 Å². The Hall–Kier alpha value is -2.12. The lowest BCUT2D eigenvalue weighted by Crippen LogP contribution is -2.47. The van der Waals surface area contributed by atoms with Crippen LogP contribution in [-0.2, 0) is 10.0 Å². The largest absolute Gasteiger partial charge is 0.370 e. The lowest BCUT2D eigenvalue weighted by atomic mass is 10.1. The maximum absolute atomic E-state index is 13.0. The van der Waals surface area contributed by atoms with Gasteiger partial charge in [-0.2, -0.15) is 0 Å². The van der Waals surface area contributed by atoms with Crippen molar-refractivity contribution in [3.8, 4) is 0 Å². The second-order valence-electron chi connectivity index (χ2n) is 6.57. The molecule has 7 heteroatoms. The van der Waals surface area contributed by atoms with Crippen molar-refractivity contribution in [1.82, 2.24) is 18.8 Å². The molecule has 0 amide bonds. The SMILES string of the molecule is CN1CCN(C2=c3ncn(S(=O)(=O)c4ccccc4)c3=CCC2)CC1. The quantitative estimate of drug-likeness (QED) is 0.776. The third kappa shape index (κ3) is 2.87. The summed E-state index contributed by atoms with van der Waals surface area (Å²) in [6, 6.07) is 8.53. The molecule has 0 bridgehead atoms. The zero-order chi connectivity index (χ0) is 17.4. The number of piperazine rings is 1. The molecule has 6 nitrogen and oxygen atoms in total. The van der Waals surface area contributed by atoms with Crippen molar-refractivity contribution in [3.63, 3.8) is 0 Å². The van der Waals surface area contributed by atoms with Gasteiger partial charge in [-0.05, 0) is 32.0 Å². The van der Waals surface area contributed by atoms with Crippen molar-refractivity contribution in [2.75, 3.05) is 33.2 Å². The number of rotatable bonds is 3. The molecule has 25 heavy (non-hydrogen) atoms. The van der Waals surface area contributed by atoms with E-state index < -0.39 is 10.0 Å². The molecule has 0 radical (unpaired) electrons. The first-order valence-corrected chi connectivity index (χ1v) is 10.0. The first-order valence-electron chi connectivity index (χ1n) is 8.58. The Bertz CT molecular complexity index is 987. The summed E-state index contributed by atoms with van der Waals surface area (Å²) in [5.74, 6) is 0. The molecule has 0 N–H and O–H groups in total. The van der Waals surface area contributed by atoms with Crippen LogP contribution in [0, 0.1) is 0 Å². The maximum Gasteiger partial charge on any atom is 0.269 e. The molecule has 132 valence electrons. The van der Waals surface area contributed by atoms with Gasteiger partial charge in [-0.3, -0.25) is 0 Å². The van der Waals surface area contributed by atoms with Gasteiger partial charge >= 0.3 is 0 Å². The summed E-state index contributed by atoms with van der Waals surface area (Å²) in [7, 11) is -1.49. The highest BCUT2D eigenvalue weighted by Crippen LogP contribution is 2.17. The van der Waals surface area contributed by atoms with Crippen LogP contribution >= 0.6 is 0 Å². The van der Waals surface area contributed by atoms with Crippen LogP contribution in [0.15, 0.2) is 41.6 Å². The summed E-state index contributed by atoms with van der Waals surface area (Å²) in [5, 5.41) is 1.51. The van der Waals surface area contributed by atoms with E-state index in [0.29, 0.717) is 5.35 Å². The Labute approximate surface area is 147 Å². The van der Waals surface area contributed by atoms with E-state index in [1.165, 1.54) is 16.0 Å². The Balaban J connectivity index is 1.81. The van der Waals surface area contributed by atoms with Crippen LogP contribution in [0.2, 0.25) is 0 Å². The number of benzene rings is 1. The normalized spacial score (nSPS) is 18.8. The molecule has 1 aliphatic carbocycles. The Morgan fingerprint density at radius 2 is 1.76 bits per heavy atom. The predicted molar refractivity (Wildman–Crippen MR) is 96.7 cm³/mol. The van der Waals surface area contributed by atoms with Gasteiger partial charge < -0.3 is 9.80 Å². The third-order valence-electron chi connectivity index (χ3n) is 4.95. The van der Waals surface area contributed by atoms with Crippen molar-refractivity contribution in [3.05, 3.63) is 47.4 Å². The minimum Gasteiger partial charge on any atom is -0.370 e. The Morgan fingerprint density at radius 1 is 1.04 bits per heavy atom. The highest BCUT2D eigenvalue weighted by atomic mass is 32.2. The lowest BCUT2D eigenvalue weighted by Gasteiger charge is -2.35. The van der Waals surface area contributed by atoms with E-state index in [1.807, 2.05) is 12.1 Å². The summed E-state index contributed by atoms with van der Waals surface area (Å²) >= 11 is 0. The molecule has 2 aromatic rings. The Kier molecular flexibility index (Phi) is 4.13. The maximum atomic E-state index is 13.0. The molecule has 0 spiro atoms. The zero-order valence-corrected chi connectivity index (χ0v) is 15.1. The molecule has 1 fully saturated rings. The molecule has 1 saturated heterocycles. The van der Waals surface area contributed by atoms with Gasteiger partial charge in [-0.1, -0.05) is 24.3 Å². The van der Waals surface area contributed by atoms with Gasteiger partial charge in [-0.25, -0.2) is 17.4 Å². The fourth-order valence-electron chi connectivity index (χ4n) is 3.50. The number of aromatic nitrogens is 2. The minimum atomic E-state index is -3.62. The number of likely N-dealkylation sites (N-methyl/N-ethyl adjacent to an activating group) is 1. The first-order chi connectivity index (χ1) is 12.1. The van der Waals surface area contributed by atoms with E-state index >= 15 is 0 Å². The number of imidazole rings is 1. The summed E-state index contributed by atoms with van der Waals surface area (Å²) in [6.07, 6.45) is 5.19. The van der Waals surface area contributed by atoms with Crippen molar-refractivity contribution < 1.29 is 8.42 Å². The van der Waals surface area contributed by atoms with E-state index in [1.54, 1.807) is 24.3 Å². The van der Waals surface area contributed by atoms with Gasteiger partial charge in [0.25, 0.3) is 10.0 Å². The smallest absolute Gasteiger partial charge is 0.269 e. The highest BCUT2D eigenvalue weighted by molar-refractivity contribution is 7.90. The molecule has 0 atom stereocenters. The predicted octanol–water partition coefficient (Wildman–Crippen LogP) is 0.0500. The summed E-state index contributed by atoms with van der Waals surface area (Å²) in [6.45, 7) is 3.96. The molecular weight excluding hydrogens is 336 g/mol. The van der Waals surface area contributed by atoms with E-state index in [2.05, 4.69) is 21.8 Å². The molecule has 1 aromatic carbocycles. The molecule has 1 aliphatic heterocycles. The second-order valence-corrected chi connectivity index (χ2v) is 8.39. The van der Waals surface area contributed by atoms with Crippen LogP contribution in [-0.4, -0.2) is 60.4 Å². The van der Waals surface area contributed by atoms with Crippen LogP contribution < -0.4 is 10.7 Å². The lowest BCUT2D eigenvalue weighted by molar-refractivity contribution is 0.202. The van der Waals surface area contributed by atoms with Crippen LogP contribution in [0.1, 0.15) is 12.8 Å². The number of nitrogens with zero attached hydrogens (tertiary/aromatic N) is 4. The first kappa shape index (κ1) is 16.4. The molecular formula is C18H22N4O2S. The third-order valence-corrected chi connectivity index (χ3v) is 6.63. The monoisotopic (exact) mass is 358 g/mol. The average molecular weight is 358 g/mol. The van der Waals surface area contributed by atoms with Crippen molar-refractivity contribution >= 4 is 21.8 Å². The van der Waals surface area contributed by atoms with Gasteiger partial charge in [-0.15, -0.1) is 0 Å². The van der Waals surface area contributed by atoms with Gasteiger partial charge in [0.2, 0.25) is 0 Å². The second kappa shape index (κ2) is 6.31. The summed E-state index contributed by atoms with van der Waals surface area (Å²) < 4.78 is 27.3. The Morgan fingerprint density at radius 3 is 2.48 bits per heavy atom. The van der Waals surface area contributed by atoms with Crippen LogP contribution in [0.5, 0.6) is 0 Å². The zero-order valence-electron chi connectivity index (χ0n) is 14.3. The number of hydrogen-bond acceptors (Lipinski definition) is 5. The molecule has 4 rings (SSSR count). The minimum absolute atomic E-state index is 0.287. The topological polar surface area (TPSA) is 58.4 Å². The fraction of sp³-hybridized carbons (Fsp3) is 0.389. The van der Waals surface area contributed by atoms with Gasteiger partial charge in [0, 0.05) is 31.9 Å². The van der Waals surface area contributed by atoms with E-state index in [9.17, 15) is 8.42 Å².